The van der Waals surface area contributed by atoms with Crippen LogP contribution in [0.2, 0.25) is 0 Å². The third-order valence-corrected chi connectivity index (χ3v) is 8.17. The van der Waals surface area contributed by atoms with Crippen LogP contribution in [0, 0.1) is 5.41 Å². The molecule has 2 atom stereocenters. The average molecular weight is 392 g/mol. The first-order valence-electron chi connectivity index (χ1n) is 9.24. The Morgan fingerprint density at radius 2 is 1.62 bits per heavy atom. The highest BCUT2D eigenvalue weighted by molar-refractivity contribution is 7.89. The summed E-state index contributed by atoms with van der Waals surface area (Å²) < 4.78 is 22.9. The van der Waals surface area contributed by atoms with Crippen molar-refractivity contribution in [2.24, 2.45) is 10.6 Å². The second kappa shape index (κ2) is 6.39. The molecule has 5 nitrogen and oxygen atoms in total. The smallest absolute Gasteiger partial charge is 0.225 e. The van der Waals surface area contributed by atoms with Crippen molar-refractivity contribution < 1.29 is 8.42 Å². The average Bonchev–Trinajstić information content (AvgIpc) is 2.95. The van der Waals surface area contributed by atoms with Gasteiger partial charge in [-0.05, 0) is 41.9 Å². The highest BCUT2D eigenvalue weighted by Gasteiger charge is 2.60. The molecule has 0 bridgehead atoms. The third kappa shape index (κ3) is 3.21. The molecule has 0 aliphatic heterocycles. The van der Waals surface area contributed by atoms with E-state index >= 15 is 0 Å². The molecule has 26 heavy (non-hydrogen) atoms. The molecule has 7 heteroatoms. The molecule has 0 unspecified atom stereocenters. The maximum absolute atomic E-state index is 11.5. The van der Waals surface area contributed by atoms with E-state index in [4.69, 9.17) is 5.14 Å². The molecule has 1 aromatic heterocycles. The Bertz CT molecular complexity index is 897. The fourth-order valence-electron chi connectivity index (χ4n) is 4.47. The van der Waals surface area contributed by atoms with Gasteiger partial charge in [-0.25, -0.2) is 13.6 Å². The van der Waals surface area contributed by atoms with Gasteiger partial charge >= 0.3 is 0 Å². The number of hydrogen-bond acceptors (Lipinski definition) is 5. The van der Waals surface area contributed by atoms with E-state index in [2.05, 4.69) is 24.0 Å². The van der Waals surface area contributed by atoms with Crippen LogP contribution in [0.4, 0.5) is 0 Å². The first-order valence-corrected chi connectivity index (χ1v) is 11.6. The first kappa shape index (κ1) is 18.1. The lowest BCUT2D eigenvalue weighted by atomic mass is 9.90. The SMILES string of the molecule is CC1(C)[C@@H](c2ccc(S(N)(=O)=O)cc2)[C@@H]1c1nnc(C2CCCCC2)s1. The van der Waals surface area contributed by atoms with Gasteiger partial charge < -0.3 is 0 Å². The molecular weight excluding hydrogens is 366 g/mol. The van der Waals surface area contributed by atoms with E-state index in [1.807, 2.05) is 12.1 Å². The van der Waals surface area contributed by atoms with Gasteiger partial charge in [-0.3, -0.25) is 0 Å². The van der Waals surface area contributed by atoms with Gasteiger partial charge in [0.05, 0.1) is 4.90 Å². The fraction of sp³-hybridized carbons (Fsp3) is 0.579. The van der Waals surface area contributed by atoms with E-state index in [1.165, 1.54) is 37.1 Å². The summed E-state index contributed by atoms with van der Waals surface area (Å²) in [6, 6.07) is 6.97. The normalized spacial score (nSPS) is 26.0. The van der Waals surface area contributed by atoms with E-state index in [0.717, 1.165) is 10.6 Å². The number of nitrogens with zero attached hydrogens (tertiary/aromatic N) is 2. The van der Waals surface area contributed by atoms with Crippen LogP contribution in [0.15, 0.2) is 29.2 Å². The number of sulfonamides is 1. The Kier molecular flexibility index (Phi) is 4.44. The summed E-state index contributed by atoms with van der Waals surface area (Å²) in [5.41, 5.74) is 1.24. The predicted molar refractivity (Wildman–Crippen MR) is 103 cm³/mol. The summed E-state index contributed by atoms with van der Waals surface area (Å²) in [5, 5.41) is 16.6. The first-order chi connectivity index (χ1) is 12.3. The lowest BCUT2D eigenvalue weighted by Gasteiger charge is -2.18. The van der Waals surface area contributed by atoms with Gasteiger partial charge in [0.15, 0.2) is 0 Å². The molecule has 2 N–H and O–H groups in total. The molecule has 0 spiro atoms. The maximum Gasteiger partial charge on any atom is 0.238 e. The van der Waals surface area contributed by atoms with Gasteiger partial charge in [0.1, 0.15) is 10.0 Å². The Morgan fingerprint density at radius 3 is 2.23 bits per heavy atom. The van der Waals surface area contributed by atoms with Gasteiger partial charge in [-0.1, -0.05) is 45.2 Å². The van der Waals surface area contributed by atoms with Gasteiger partial charge in [-0.2, -0.15) is 0 Å². The van der Waals surface area contributed by atoms with Gasteiger partial charge in [-0.15, -0.1) is 21.5 Å². The molecule has 2 saturated carbocycles. The van der Waals surface area contributed by atoms with Crippen molar-refractivity contribution in [2.45, 2.75) is 68.6 Å². The molecule has 140 valence electrons. The largest absolute Gasteiger partial charge is 0.238 e. The van der Waals surface area contributed by atoms with Crippen LogP contribution in [0.3, 0.4) is 0 Å². The van der Waals surface area contributed by atoms with Crippen molar-refractivity contribution in [1.82, 2.24) is 10.2 Å². The Hall–Kier alpha value is -1.31. The second-order valence-electron chi connectivity index (χ2n) is 8.20. The number of rotatable bonds is 4. The molecular formula is C19H25N3O2S2. The zero-order valence-corrected chi connectivity index (χ0v) is 16.8. The fourth-order valence-corrected chi connectivity index (χ4v) is 6.33. The molecule has 2 fully saturated rings. The molecule has 0 amide bonds. The minimum absolute atomic E-state index is 0.104. The lowest BCUT2D eigenvalue weighted by Crippen LogP contribution is -2.11. The van der Waals surface area contributed by atoms with Gasteiger partial charge in [0.2, 0.25) is 10.0 Å². The van der Waals surface area contributed by atoms with Crippen LogP contribution >= 0.6 is 11.3 Å². The van der Waals surface area contributed by atoms with Crippen LogP contribution in [0.1, 0.15) is 79.3 Å². The molecule has 1 aromatic carbocycles. The van der Waals surface area contributed by atoms with E-state index in [-0.39, 0.29) is 10.3 Å². The molecule has 4 rings (SSSR count). The zero-order chi connectivity index (χ0) is 18.5. The number of hydrogen-bond donors (Lipinski definition) is 1. The second-order valence-corrected chi connectivity index (χ2v) is 10.8. The van der Waals surface area contributed by atoms with Gasteiger partial charge in [0, 0.05) is 11.8 Å². The Morgan fingerprint density at radius 1 is 1.00 bits per heavy atom. The van der Waals surface area contributed by atoms with E-state index in [1.54, 1.807) is 23.5 Å². The summed E-state index contributed by atoms with van der Waals surface area (Å²) >= 11 is 1.78. The lowest BCUT2D eigenvalue weighted by molar-refractivity contribution is 0.440. The molecule has 2 aliphatic carbocycles. The summed E-state index contributed by atoms with van der Waals surface area (Å²) in [7, 11) is -3.65. The van der Waals surface area contributed by atoms with Crippen LogP contribution < -0.4 is 5.14 Å². The molecule has 0 radical (unpaired) electrons. The number of nitrogens with two attached hydrogens (primary N) is 1. The van der Waals surface area contributed by atoms with Crippen LogP contribution in [-0.4, -0.2) is 18.6 Å². The monoisotopic (exact) mass is 391 g/mol. The Balaban J connectivity index is 1.55. The molecule has 0 saturated heterocycles. The zero-order valence-electron chi connectivity index (χ0n) is 15.2. The highest BCUT2D eigenvalue weighted by atomic mass is 32.2. The highest BCUT2D eigenvalue weighted by Crippen LogP contribution is 2.70. The van der Waals surface area contributed by atoms with Crippen molar-refractivity contribution in [3.05, 3.63) is 39.8 Å². The third-order valence-electron chi connectivity index (χ3n) is 6.07. The van der Waals surface area contributed by atoms with Crippen molar-refractivity contribution in [1.29, 1.82) is 0 Å². The summed E-state index contributed by atoms with van der Waals surface area (Å²) in [6.45, 7) is 4.50. The van der Waals surface area contributed by atoms with E-state index in [9.17, 15) is 8.42 Å². The molecule has 1 heterocycles. The number of aromatic nitrogens is 2. The maximum atomic E-state index is 11.5. The van der Waals surface area contributed by atoms with E-state index in [0.29, 0.717) is 17.8 Å². The van der Waals surface area contributed by atoms with E-state index < -0.39 is 10.0 Å². The van der Waals surface area contributed by atoms with Crippen LogP contribution in [0.25, 0.3) is 0 Å². The Labute approximate surface area is 159 Å². The van der Waals surface area contributed by atoms with Crippen molar-refractivity contribution in [3.8, 4) is 0 Å². The number of primary sulfonamides is 1. The summed E-state index contributed by atoms with van der Waals surface area (Å²) in [4.78, 5) is 0.159. The van der Waals surface area contributed by atoms with Crippen molar-refractivity contribution >= 4 is 21.4 Å². The summed E-state index contributed by atoms with van der Waals surface area (Å²) in [5.74, 6) is 1.27. The predicted octanol–water partition coefficient (Wildman–Crippen LogP) is 4.14. The quantitative estimate of drug-likeness (QED) is 0.848. The summed E-state index contributed by atoms with van der Waals surface area (Å²) in [6.07, 6.45) is 6.41. The standard InChI is InChI=1S/C19H25N3O2S2/c1-19(2)15(12-8-10-14(11-9-12)26(20,23)24)16(19)18-22-21-17(25-18)13-6-4-3-5-7-13/h8-11,13,15-16H,3-7H2,1-2H3,(H2,20,23,24)/t15-,16+/m0/s1. The van der Waals surface area contributed by atoms with Gasteiger partial charge in [0.25, 0.3) is 0 Å². The molecule has 2 aromatic rings. The minimum Gasteiger partial charge on any atom is -0.225 e. The topological polar surface area (TPSA) is 85.9 Å². The van der Waals surface area contributed by atoms with Crippen LogP contribution in [-0.2, 0) is 10.0 Å². The number of benzene rings is 1. The van der Waals surface area contributed by atoms with Crippen molar-refractivity contribution in [3.63, 3.8) is 0 Å². The van der Waals surface area contributed by atoms with Crippen molar-refractivity contribution in [2.75, 3.05) is 0 Å². The van der Waals surface area contributed by atoms with Crippen LogP contribution in [0.5, 0.6) is 0 Å². The minimum atomic E-state index is -3.65. The molecule has 2 aliphatic rings.